The van der Waals surface area contributed by atoms with Gasteiger partial charge in [-0.1, -0.05) is 25.1 Å². The number of benzene rings is 1. The number of aromatic nitrogens is 3. The van der Waals surface area contributed by atoms with E-state index in [-0.39, 0.29) is 24.0 Å². The van der Waals surface area contributed by atoms with Gasteiger partial charge in [0, 0.05) is 18.7 Å². The van der Waals surface area contributed by atoms with Crippen molar-refractivity contribution >= 4 is 11.6 Å². The Morgan fingerprint density at radius 2 is 2.15 bits per heavy atom. The topological polar surface area (TPSA) is 126 Å². The number of aliphatic hydroxyl groups excluding tert-OH is 1. The summed E-state index contributed by atoms with van der Waals surface area (Å²) >= 11 is 0. The molecular weight excluding hydrogens is 352 g/mol. The first-order valence-corrected chi connectivity index (χ1v) is 8.79. The number of hydrogen-bond acceptors (Lipinski definition) is 7. The first-order chi connectivity index (χ1) is 13.0. The highest BCUT2D eigenvalue weighted by molar-refractivity contribution is 5.92. The van der Waals surface area contributed by atoms with Crippen molar-refractivity contribution in [2.75, 3.05) is 26.2 Å². The number of rotatable bonds is 10. The Labute approximate surface area is 156 Å². The van der Waals surface area contributed by atoms with Gasteiger partial charge in [0.05, 0.1) is 29.5 Å². The van der Waals surface area contributed by atoms with Crippen LogP contribution in [0.2, 0.25) is 0 Å². The monoisotopic (exact) mass is 376 g/mol. The molecule has 1 aromatic heterocycles. The highest BCUT2D eigenvalue weighted by Gasteiger charge is 2.17. The van der Waals surface area contributed by atoms with Crippen LogP contribution in [-0.4, -0.2) is 68.1 Å². The predicted octanol–water partition coefficient (Wildman–Crippen LogP) is 0.998. The summed E-state index contributed by atoms with van der Waals surface area (Å²) in [4.78, 5) is 24.9. The Balaban J connectivity index is 2.03. The molecule has 0 fully saturated rings. The normalized spacial score (nSPS) is 12.1. The van der Waals surface area contributed by atoms with Gasteiger partial charge >= 0.3 is 0 Å². The quantitative estimate of drug-likeness (QED) is 0.468. The lowest BCUT2D eigenvalue weighted by Crippen LogP contribution is -2.40. The average Bonchev–Trinajstić information content (AvgIpc) is 3.18. The van der Waals surface area contributed by atoms with Gasteiger partial charge in [0.1, 0.15) is 0 Å². The van der Waals surface area contributed by atoms with Crippen molar-refractivity contribution in [2.24, 2.45) is 0 Å². The third kappa shape index (κ3) is 5.56. The zero-order chi connectivity index (χ0) is 19.8. The van der Waals surface area contributed by atoms with Crippen molar-refractivity contribution in [3.63, 3.8) is 0 Å². The van der Waals surface area contributed by atoms with Crippen LogP contribution in [0.3, 0.4) is 0 Å². The number of nitro groups is 1. The van der Waals surface area contributed by atoms with E-state index >= 15 is 0 Å². The van der Waals surface area contributed by atoms with Crippen molar-refractivity contribution in [3.05, 3.63) is 46.3 Å². The SMILES string of the molecule is CCN(CC)CCC(CO)NC(=O)c1cn(-c2cccc([N+](=O)[O-])c2)nn1. The lowest BCUT2D eigenvalue weighted by Gasteiger charge is -2.22. The van der Waals surface area contributed by atoms with Gasteiger partial charge in [0.2, 0.25) is 0 Å². The molecule has 10 nitrogen and oxygen atoms in total. The molecule has 2 aromatic rings. The number of amides is 1. The fourth-order valence-electron chi connectivity index (χ4n) is 2.59. The molecule has 146 valence electrons. The minimum atomic E-state index is -0.504. The summed E-state index contributed by atoms with van der Waals surface area (Å²) in [6.45, 7) is 6.51. The number of non-ortho nitro benzene ring substituents is 1. The molecule has 0 aliphatic carbocycles. The zero-order valence-electron chi connectivity index (χ0n) is 15.4. The molecule has 27 heavy (non-hydrogen) atoms. The second-order valence-electron chi connectivity index (χ2n) is 5.99. The number of nitro benzene ring substituents is 1. The molecule has 1 amide bonds. The number of hydrogen-bond donors (Lipinski definition) is 2. The molecule has 0 saturated heterocycles. The van der Waals surface area contributed by atoms with E-state index in [1.54, 1.807) is 6.07 Å². The minimum absolute atomic E-state index is 0.0720. The highest BCUT2D eigenvalue weighted by Crippen LogP contribution is 2.16. The van der Waals surface area contributed by atoms with Gasteiger partial charge in [-0.3, -0.25) is 14.9 Å². The lowest BCUT2D eigenvalue weighted by atomic mass is 10.2. The Morgan fingerprint density at radius 1 is 1.41 bits per heavy atom. The Hall–Kier alpha value is -2.85. The third-order valence-corrected chi connectivity index (χ3v) is 4.27. The molecule has 0 saturated carbocycles. The van der Waals surface area contributed by atoms with Gasteiger partial charge in [-0.25, -0.2) is 4.68 Å². The van der Waals surface area contributed by atoms with Crippen molar-refractivity contribution in [3.8, 4) is 5.69 Å². The summed E-state index contributed by atoms with van der Waals surface area (Å²) in [5.41, 5.74) is 0.421. The van der Waals surface area contributed by atoms with E-state index in [0.717, 1.165) is 19.6 Å². The van der Waals surface area contributed by atoms with E-state index in [1.807, 2.05) is 0 Å². The van der Waals surface area contributed by atoms with E-state index in [2.05, 4.69) is 34.4 Å². The largest absolute Gasteiger partial charge is 0.394 e. The minimum Gasteiger partial charge on any atom is -0.394 e. The van der Waals surface area contributed by atoms with E-state index in [0.29, 0.717) is 12.1 Å². The molecule has 1 unspecified atom stereocenters. The van der Waals surface area contributed by atoms with Crippen LogP contribution < -0.4 is 5.32 Å². The van der Waals surface area contributed by atoms with Crippen LogP contribution in [0.25, 0.3) is 5.69 Å². The maximum absolute atomic E-state index is 12.4. The lowest BCUT2D eigenvalue weighted by molar-refractivity contribution is -0.384. The third-order valence-electron chi connectivity index (χ3n) is 4.27. The molecule has 1 heterocycles. The number of carbonyl (C=O) groups is 1. The number of nitrogens with one attached hydrogen (secondary N) is 1. The van der Waals surface area contributed by atoms with Crippen molar-refractivity contribution in [1.29, 1.82) is 0 Å². The molecule has 0 radical (unpaired) electrons. The molecule has 0 aliphatic heterocycles. The molecule has 10 heteroatoms. The van der Waals surface area contributed by atoms with Gasteiger partial charge < -0.3 is 15.3 Å². The van der Waals surface area contributed by atoms with Gasteiger partial charge in [0.25, 0.3) is 11.6 Å². The van der Waals surface area contributed by atoms with Gasteiger partial charge in [-0.2, -0.15) is 0 Å². The summed E-state index contributed by atoms with van der Waals surface area (Å²) in [5, 5.41) is 30.8. The summed E-state index contributed by atoms with van der Waals surface area (Å²) in [5.74, 6) is -0.453. The fourth-order valence-corrected chi connectivity index (χ4v) is 2.59. The van der Waals surface area contributed by atoms with Crippen LogP contribution in [0.1, 0.15) is 30.8 Å². The molecule has 2 rings (SSSR count). The van der Waals surface area contributed by atoms with E-state index in [1.165, 1.54) is 29.1 Å². The maximum Gasteiger partial charge on any atom is 0.273 e. The van der Waals surface area contributed by atoms with Gasteiger partial charge in [-0.05, 0) is 25.6 Å². The summed E-state index contributed by atoms with van der Waals surface area (Å²) in [7, 11) is 0. The van der Waals surface area contributed by atoms with Crippen LogP contribution >= 0.6 is 0 Å². The van der Waals surface area contributed by atoms with Crippen LogP contribution in [0.4, 0.5) is 5.69 Å². The molecule has 0 aliphatic rings. The molecule has 0 spiro atoms. The zero-order valence-corrected chi connectivity index (χ0v) is 15.4. The maximum atomic E-state index is 12.4. The highest BCUT2D eigenvalue weighted by atomic mass is 16.6. The molecule has 0 bridgehead atoms. The molecular formula is C17H24N6O4. The first kappa shape index (κ1) is 20.5. The van der Waals surface area contributed by atoms with Crippen LogP contribution in [0.5, 0.6) is 0 Å². The second-order valence-corrected chi connectivity index (χ2v) is 5.99. The number of carbonyl (C=O) groups excluding carboxylic acids is 1. The van der Waals surface area contributed by atoms with Crippen molar-refractivity contribution in [1.82, 2.24) is 25.2 Å². The predicted molar refractivity (Wildman–Crippen MR) is 98.8 cm³/mol. The smallest absolute Gasteiger partial charge is 0.273 e. The van der Waals surface area contributed by atoms with Crippen LogP contribution in [0, 0.1) is 10.1 Å². The van der Waals surface area contributed by atoms with Crippen molar-refractivity contribution < 1.29 is 14.8 Å². The Morgan fingerprint density at radius 3 is 2.78 bits per heavy atom. The average molecular weight is 376 g/mol. The van der Waals surface area contributed by atoms with E-state index in [9.17, 15) is 20.0 Å². The van der Waals surface area contributed by atoms with Crippen LogP contribution in [0.15, 0.2) is 30.5 Å². The molecule has 2 N–H and O–H groups in total. The Bertz CT molecular complexity index is 774. The Kier molecular flexibility index (Phi) is 7.38. The standard InChI is InChI=1S/C17H24N6O4/c1-3-21(4-2)9-8-13(12-24)18-17(25)16-11-22(20-19-16)14-6-5-7-15(10-14)23(26)27/h5-7,10-11,13,24H,3-4,8-9,12H2,1-2H3,(H,18,25). The number of aliphatic hydroxyl groups is 1. The van der Waals surface area contributed by atoms with E-state index in [4.69, 9.17) is 0 Å². The summed E-state index contributed by atoms with van der Waals surface area (Å²) in [6.07, 6.45) is 2.01. The van der Waals surface area contributed by atoms with Crippen LogP contribution in [-0.2, 0) is 0 Å². The summed E-state index contributed by atoms with van der Waals surface area (Å²) < 4.78 is 1.30. The number of nitrogens with zero attached hydrogens (tertiary/aromatic N) is 5. The van der Waals surface area contributed by atoms with Gasteiger partial charge in [-0.15, -0.1) is 5.10 Å². The fraction of sp³-hybridized carbons (Fsp3) is 0.471. The second kappa shape index (κ2) is 9.74. The van der Waals surface area contributed by atoms with Crippen molar-refractivity contribution in [2.45, 2.75) is 26.3 Å². The molecule has 1 aromatic carbocycles. The molecule has 1 atom stereocenters. The van der Waals surface area contributed by atoms with Gasteiger partial charge in [0.15, 0.2) is 5.69 Å². The first-order valence-electron chi connectivity index (χ1n) is 8.79. The summed E-state index contributed by atoms with van der Waals surface area (Å²) in [6, 6.07) is 5.49. The van der Waals surface area contributed by atoms with E-state index < -0.39 is 10.8 Å².